The fourth-order valence-corrected chi connectivity index (χ4v) is 6.32. The predicted molar refractivity (Wildman–Crippen MR) is 139 cm³/mol. The molecule has 3 aromatic rings. The maximum absolute atomic E-state index is 14.8. The van der Waals surface area contributed by atoms with E-state index in [4.69, 9.17) is 21.1 Å². The number of hydrogen-bond donors (Lipinski definition) is 1. The van der Waals surface area contributed by atoms with Crippen molar-refractivity contribution in [2.45, 2.75) is 30.5 Å². The molecular weight excluding hydrogens is 597 g/mol. The van der Waals surface area contributed by atoms with Crippen LogP contribution in [-0.4, -0.2) is 45.9 Å². The number of fused-ring (bicyclic) bond motifs is 1. The van der Waals surface area contributed by atoms with Crippen molar-refractivity contribution in [2.24, 2.45) is 5.41 Å². The lowest BCUT2D eigenvalue weighted by Gasteiger charge is -2.38. The Hall–Kier alpha value is -3.42. The number of aliphatic carboxylic acids is 1. The standard InChI is InChI=1S/C27H23ClF5NO6S/c1-26(14-39-2,25(35)36)12-18-13-34(41(37,38)19-5-3-4-16(9-19)27(31,32)33)22-8-15(6-7-23(22)40-18)20-10-17(29)11-21(28)24(20)30/h3-11,18H,12-14H2,1-2H3,(H,35,36)/t18-,26?/m0/s1. The zero-order valence-corrected chi connectivity index (χ0v) is 23.1. The molecule has 0 fully saturated rings. The minimum atomic E-state index is -4.83. The summed E-state index contributed by atoms with van der Waals surface area (Å²) in [5.74, 6) is -3.16. The third kappa shape index (κ3) is 6.11. The van der Waals surface area contributed by atoms with Gasteiger partial charge in [-0.1, -0.05) is 23.7 Å². The molecule has 41 heavy (non-hydrogen) atoms. The molecule has 1 heterocycles. The molecule has 1 aliphatic heterocycles. The monoisotopic (exact) mass is 619 g/mol. The highest BCUT2D eigenvalue weighted by Crippen LogP contribution is 2.43. The second-order valence-electron chi connectivity index (χ2n) is 9.74. The molecule has 7 nitrogen and oxygen atoms in total. The van der Waals surface area contributed by atoms with Gasteiger partial charge in [0, 0.05) is 19.1 Å². The fraction of sp³-hybridized carbons (Fsp3) is 0.296. The predicted octanol–water partition coefficient (Wildman–Crippen LogP) is 6.39. The number of alkyl halides is 3. The molecule has 1 N–H and O–H groups in total. The molecule has 0 aliphatic carbocycles. The molecule has 0 aromatic heterocycles. The SMILES string of the molecule is COCC(C)(C[C@H]1CN(S(=O)(=O)c2cccc(C(F)(F)F)c2)c2cc(-c3cc(F)cc(Cl)c3F)ccc2O1)C(=O)O. The van der Waals surface area contributed by atoms with E-state index in [-0.39, 0.29) is 35.6 Å². The van der Waals surface area contributed by atoms with Crippen LogP contribution < -0.4 is 9.04 Å². The van der Waals surface area contributed by atoms with Crippen LogP contribution in [0.1, 0.15) is 18.9 Å². The van der Waals surface area contributed by atoms with Crippen LogP contribution >= 0.6 is 11.6 Å². The first-order chi connectivity index (χ1) is 19.1. The Bertz CT molecular complexity index is 1600. The van der Waals surface area contributed by atoms with Crippen molar-refractivity contribution in [1.29, 1.82) is 0 Å². The lowest BCUT2D eigenvalue weighted by molar-refractivity contribution is -0.153. The van der Waals surface area contributed by atoms with Crippen LogP contribution in [0.25, 0.3) is 11.1 Å². The summed E-state index contributed by atoms with van der Waals surface area (Å²) < 4.78 is 108. The van der Waals surface area contributed by atoms with E-state index in [1.807, 2.05) is 0 Å². The van der Waals surface area contributed by atoms with Crippen molar-refractivity contribution in [2.75, 3.05) is 24.6 Å². The van der Waals surface area contributed by atoms with Gasteiger partial charge in [-0.25, -0.2) is 17.2 Å². The largest absolute Gasteiger partial charge is 0.486 e. The van der Waals surface area contributed by atoms with Crippen molar-refractivity contribution < 1.29 is 49.7 Å². The van der Waals surface area contributed by atoms with Crippen molar-refractivity contribution in [3.05, 3.63) is 76.8 Å². The lowest BCUT2D eigenvalue weighted by Crippen LogP contribution is -2.47. The van der Waals surface area contributed by atoms with E-state index in [0.29, 0.717) is 12.1 Å². The van der Waals surface area contributed by atoms with E-state index in [2.05, 4.69) is 0 Å². The van der Waals surface area contributed by atoms with E-state index in [9.17, 15) is 40.3 Å². The van der Waals surface area contributed by atoms with E-state index in [1.54, 1.807) is 0 Å². The Morgan fingerprint density at radius 2 is 1.85 bits per heavy atom. The van der Waals surface area contributed by atoms with Gasteiger partial charge >= 0.3 is 12.1 Å². The van der Waals surface area contributed by atoms with Gasteiger partial charge in [-0.2, -0.15) is 13.2 Å². The zero-order chi connectivity index (χ0) is 30.3. The van der Waals surface area contributed by atoms with Crippen LogP contribution in [0.4, 0.5) is 27.6 Å². The highest BCUT2D eigenvalue weighted by molar-refractivity contribution is 7.92. The average molecular weight is 620 g/mol. The molecule has 0 spiro atoms. The third-order valence-corrected chi connectivity index (χ3v) is 8.65. The topological polar surface area (TPSA) is 93.1 Å². The van der Waals surface area contributed by atoms with Crippen molar-refractivity contribution in [1.82, 2.24) is 0 Å². The fourth-order valence-electron chi connectivity index (χ4n) is 4.57. The number of anilines is 1. The van der Waals surface area contributed by atoms with E-state index in [1.165, 1.54) is 32.2 Å². The van der Waals surface area contributed by atoms with Gasteiger partial charge in [0.25, 0.3) is 10.0 Å². The van der Waals surface area contributed by atoms with E-state index >= 15 is 0 Å². The van der Waals surface area contributed by atoms with E-state index < -0.39 is 67.3 Å². The Balaban J connectivity index is 1.87. The van der Waals surface area contributed by atoms with Crippen LogP contribution in [0.15, 0.2) is 59.5 Å². The molecule has 1 aliphatic rings. The summed E-state index contributed by atoms with van der Waals surface area (Å²) in [4.78, 5) is 11.3. The summed E-state index contributed by atoms with van der Waals surface area (Å²) in [7, 11) is -3.43. The maximum Gasteiger partial charge on any atom is 0.416 e. The second-order valence-corrected chi connectivity index (χ2v) is 12.0. The Morgan fingerprint density at radius 3 is 2.49 bits per heavy atom. The molecule has 1 unspecified atom stereocenters. The smallest absolute Gasteiger partial charge is 0.416 e. The van der Waals surface area contributed by atoms with Crippen LogP contribution in [0.5, 0.6) is 5.75 Å². The number of carboxylic acids is 1. The lowest BCUT2D eigenvalue weighted by atomic mass is 9.85. The second kappa shape index (κ2) is 11.1. The van der Waals surface area contributed by atoms with Gasteiger partial charge < -0.3 is 14.6 Å². The normalized spacial score (nSPS) is 17.0. The van der Waals surface area contributed by atoms with Gasteiger partial charge in [0.1, 0.15) is 23.5 Å². The Labute approximate surface area is 237 Å². The number of sulfonamides is 1. The number of methoxy groups -OCH3 is 1. The minimum Gasteiger partial charge on any atom is -0.486 e. The van der Waals surface area contributed by atoms with Crippen LogP contribution in [0, 0.1) is 17.0 Å². The molecule has 14 heteroatoms. The molecule has 220 valence electrons. The first-order valence-corrected chi connectivity index (χ1v) is 13.8. The summed E-state index contributed by atoms with van der Waals surface area (Å²) in [5, 5.41) is 9.26. The summed E-state index contributed by atoms with van der Waals surface area (Å²) in [6.07, 6.45) is -6.15. The van der Waals surface area contributed by atoms with Crippen LogP contribution in [0.3, 0.4) is 0 Å². The number of rotatable bonds is 8. The highest BCUT2D eigenvalue weighted by Gasteiger charge is 2.42. The molecule has 3 aromatic carbocycles. The van der Waals surface area contributed by atoms with Gasteiger partial charge in [-0.3, -0.25) is 9.10 Å². The molecule has 0 radical (unpaired) electrons. The average Bonchev–Trinajstić information content (AvgIpc) is 2.89. The maximum atomic E-state index is 14.8. The van der Waals surface area contributed by atoms with Gasteiger partial charge in [0.05, 0.1) is 39.7 Å². The Morgan fingerprint density at radius 1 is 1.15 bits per heavy atom. The summed E-state index contributed by atoms with van der Waals surface area (Å²) in [6, 6.07) is 8.49. The number of hydrogen-bond acceptors (Lipinski definition) is 5. The first kappa shape index (κ1) is 30.5. The van der Waals surface area contributed by atoms with Crippen molar-refractivity contribution in [3.8, 4) is 16.9 Å². The number of benzene rings is 3. The summed E-state index contributed by atoms with van der Waals surface area (Å²) >= 11 is 5.78. The van der Waals surface area contributed by atoms with Crippen LogP contribution in [0.2, 0.25) is 5.02 Å². The van der Waals surface area contributed by atoms with Gasteiger partial charge in [-0.05, 0) is 55.0 Å². The molecule has 2 atom stereocenters. The molecule has 0 amide bonds. The quantitative estimate of drug-likeness (QED) is 0.232. The summed E-state index contributed by atoms with van der Waals surface area (Å²) in [5.41, 5.74) is -3.19. The van der Waals surface area contributed by atoms with Crippen molar-refractivity contribution in [3.63, 3.8) is 0 Å². The van der Waals surface area contributed by atoms with Crippen molar-refractivity contribution >= 4 is 33.3 Å². The van der Waals surface area contributed by atoms with Crippen LogP contribution in [-0.2, 0) is 25.7 Å². The van der Waals surface area contributed by atoms with E-state index in [0.717, 1.165) is 28.6 Å². The molecule has 0 saturated heterocycles. The summed E-state index contributed by atoms with van der Waals surface area (Å²) in [6.45, 7) is 0.630. The van der Waals surface area contributed by atoms with Gasteiger partial charge in [-0.15, -0.1) is 0 Å². The molecule has 0 bridgehead atoms. The Kier molecular flexibility index (Phi) is 8.27. The first-order valence-electron chi connectivity index (χ1n) is 11.9. The number of nitrogens with zero attached hydrogens (tertiary/aromatic N) is 1. The van der Waals surface area contributed by atoms with Gasteiger partial charge in [0.15, 0.2) is 0 Å². The molecular formula is C27H23ClF5NO6S. The number of ether oxygens (including phenoxy) is 2. The number of halogens is 6. The number of carboxylic acid groups (broad SMARTS) is 1. The zero-order valence-electron chi connectivity index (χ0n) is 21.5. The minimum absolute atomic E-state index is 0.00343. The highest BCUT2D eigenvalue weighted by atomic mass is 35.5. The number of carbonyl (C=O) groups is 1. The molecule has 0 saturated carbocycles. The van der Waals surface area contributed by atoms with Gasteiger partial charge in [0.2, 0.25) is 0 Å². The molecule has 4 rings (SSSR count). The third-order valence-electron chi connectivity index (χ3n) is 6.60.